The Kier molecular flexibility index (Phi) is 6.24. The Bertz CT molecular complexity index is 418. The predicted molar refractivity (Wildman–Crippen MR) is 77.7 cm³/mol. The molecule has 0 amide bonds. The molecule has 4 nitrogen and oxygen atoms in total. The largest absolute Gasteiger partial charge is 0.490 e. The Morgan fingerprint density at radius 2 is 2.06 bits per heavy atom. The number of carbonyl (C=O) groups is 1. The van der Waals surface area contributed by atoms with Gasteiger partial charge in [-0.2, -0.15) is 0 Å². The van der Waals surface area contributed by atoms with E-state index in [-0.39, 0.29) is 5.56 Å². The minimum absolute atomic E-state index is 0.154. The van der Waals surface area contributed by atoms with Gasteiger partial charge >= 0.3 is 5.97 Å². The first-order chi connectivity index (χ1) is 8.60. The van der Waals surface area contributed by atoms with Gasteiger partial charge in [-0.25, -0.2) is 4.79 Å². The smallest absolute Gasteiger partial charge is 0.339 e. The minimum Gasteiger partial charge on any atom is -0.490 e. The van der Waals surface area contributed by atoms with Crippen LogP contribution in [0.1, 0.15) is 37.0 Å². The second kappa shape index (κ2) is 7.45. The van der Waals surface area contributed by atoms with E-state index in [1.807, 2.05) is 6.92 Å². The fourth-order valence-corrected chi connectivity index (χ4v) is 2.05. The first-order valence-corrected chi connectivity index (χ1v) is 7.00. The minimum atomic E-state index is -0.999. The molecule has 0 atom stereocenters. The average Bonchev–Trinajstić information content (AvgIpc) is 2.31. The number of carboxylic acids is 1. The molecular formula is C13H17IO4. The van der Waals surface area contributed by atoms with E-state index < -0.39 is 5.97 Å². The molecule has 0 aliphatic carbocycles. The van der Waals surface area contributed by atoms with E-state index in [1.54, 1.807) is 12.1 Å². The molecule has 1 N–H and O–H groups in total. The molecule has 0 spiro atoms. The molecule has 0 heterocycles. The lowest BCUT2D eigenvalue weighted by molar-refractivity contribution is 0.0691. The van der Waals surface area contributed by atoms with E-state index in [2.05, 4.69) is 29.5 Å². The summed E-state index contributed by atoms with van der Waals surface area (Å²) in [7, 11) is 0. The second-order valence-corrected chi connectivity index (χ2v) is 4.97. The zero-order chi connectivity index (χ0) is 13.5. The third kappa shape index (κ3) is 4.04. The van der Waals surface area contributed by atoms with E-state index in [9.17, 15) is 9.90 Å². The number of aromatic carboxylic acids is 1. The third-order valence-electron chi connectivity index (χ3n) is 2.29. The number of hydrogen-bond acceptors (Lipinski definition) is 3. The Labute approximate surface area is 120 Å². The van der Waals surface area contributed by atoms with Crippen molar-refractivity contribution < 1.29 is 19.4 Å². The summed E-state index contributed by atoms with van der Waals surface area (Å²) >= 11 is 2.07. The van der Waals surface area contributed by atoms with Crippen molar-refractivity contribution >= 4 is 28.6 Å². The number of halogens is 1. The van der Waals surface area contributed by atoms with Gasteiger partial charge in [0.25, 0.3) is 0 Å². The van der Waals surface area contributed by atoms with Crippen LogP contribution in [0.4, 0.5) is 0 Å². The summed E-state index contributed by atoms with van der Waals surface area (Å²) in [4.78, 5) is 11.2. The van der Waals surface area contributed by atoms with Crippen LogP contribution >= 0.6 is 22.6 Å². The topological polar surface area (TPSA) is 55.8 Å². The maximum Gasteiger partial charge on any atom is 0.339 e. The average molecular weight is 364 g/mol. The van der Waals surface area contributed by atoms with Crippen LogP contribution in [0, 0.1) is 3.57 Å². The molecule has 1 rings (SSSR count). The van der Waals surface area contributed by atoms with E-state index in [0.29, 0.717) is 24.7 Å². The van der Waals surface area contributed by atoms with Crippen molar-refractivity contribution in [1.29, 1.82) is 0 Å². The Morgan fingerprint density at radius 1 is 1.33 bits per heavy atom. The lowest BCUT2D eigenvalue weighted by Gasteiger charge is -2.14. The number of ether oxygens (including phenoxy) is 2. The van der Waals surface area contributed by atoms with E-state index in [4.69, 9.17) is 9.47 Å². The molecule has 1 aromatic carbocycles. The van der Waals surface area contributed by atoms with Gasteiger partial charge in [-0.05, 0) is 48.1 Å². The van der Waals surface area contributed by atoms with Crippen molar-refractivity contribution in [2.45, 2.75) is 26.7 Å². The fourth-order valence-electron chi connectivity index (χ4n) is 1.46. The monoisotopic (exact) mass is 364 g/mol. The highest BCUT2D eigenvalue weighted by atomic mass is 127. The fraction of sp³-hybridized carbons (Fsp3) is 0.462. The standard InChI is InChI=1S/C13H17IO4/c1-3-5-6-18-12-10(13(15)16)7-9(14)8-11(12)17-4-2/h7-8H,3-6H2,1-2H3,(H,15,16). The van der Waals surface area contributed by atoms with Gasteiger partial charge in [0.15, 0.2) is 11.5 Å². The maximum absolute atomic E-state index is 11.2. The van der Waals surface area contributed by atoms with Crippen molar-refractivity contribution in [3.05, 3.63) is 21.3 Å². The van der Waals surface area contributed by atoms with Crippen LogP contribution in [-0.4, -0.2) is 24.3 Å². The highest BCUT2D eigenvalue weighted by molar-refractivity contribution is 14.1. The Morgan fingerprint density at radius 3 is 2.61 bits per heavy atom. The summed E-state index contributed by atoms with van der Waals surface area (Å²) in [5.74, 6) is -0.169. The zero-order valence-corrected chi connectivity index (χ0v) is 12.7. The molecule has 0 fully saturated rings. The Balaban J connectivity index is 3.09. The molecule has 0 saturated carbocycles. The lowest BCUT2D eigenvalue weighted by Crippen LogP contribution is -2.07. The summed E-state index contributed by atoms with van der Waals surface area (Å²) in [6.45, 7) is 4.88. The van der Waals surface area contributed by atoms with Gasteiger partial charge in [0, 0.05) is 3.57 Å². The van der Waals surface area contributed by atoms with Crippen molar-refractivity contribution in [2.75, 3.05) is 13.2 Å². The van der Waals surface area contributed by atoms with Crippen molar-refractivity contribution in [3.8, 4) is 11.5 Å². The molecule has 0 unspecified atom stereocenters. The van der Waals surface area contributed by atoms with E-state index >= 15 is 0 Å². The van der Waals surface area contributed by atoms with Gasteiger partial charge in [-0.15, -0.1) is 0 Å². The van der Waals surface area contributed by atoms with Crippen LogP contribution in [0.15, 0.2) is 12.1 Å². The Hall–Kier alpha value is -0.980. The van der Waals surface area contributed by atoms with Crippen molar-refractivity contribution in [3.63, 3.8) is 0 Å². The molecule has 1 aromatic rings. The maximum atomic E-state index is 11.2. The lowest BCUT2D eigenvalue weighted by atomic mass is 10.2. The molecule has 100 valence electrons. The van der Waals surface area contributed by atoms with Crippen LogP contribution in [0.2, 0.25) is 0 Å². The number of rotatable bonds is 7. The third-order valence-corrected chi connectivity index (χ3v) is 2.92. The molecular weight excluding hydrogens is 347 g/mol. The van der Waals surface area contributed by atoms with Crippen LogP contribution in [0.5, 0.6) is 11.5 Å². The van der Waals surface area contributed by atoms with Gasteiger partial charge in [0.2, 0.25) is 0 Å². The van der Waals surface area contributed by atoms with Gasteiger partial charge in [0.05, 0.1) is 13.2 Å². The molecule has 18 heavy (non-hydrogen) atoms. The zero-order valence-electron chi connectivity index (χ0n) is 10.5. The first-order valence-electron chi connectivity index (χ1n) is 5.92. The quantitative estimate of drug-likeness (QED) is 0.594. The van der Waals surface area contributed by atoms with Crippen molar-refractivity contribution in [2.24, 2.45) is 0 Å². The van der Waals surface area contributed by atoms with Crippen LogP contribution in [0.3, 0.4) is 0 Å². The summed E-state index contributed by atoms with van der Waals surface area (Å²) in [5.41, 5.74) is 0.154. The highest BCUT2D eigenvalue weighted by Gasteiger charge is 2.18. The van der Waals surface area contributed by atoms with Gasteiger partial charge in [0.1, 0.15) is 5.56 Å². The summed E-state index contributed by atoms with van der Waals surface area (Å²) in [5, 5.41) is 9.20. The number of unbranched alkanes of at least 4 members (excludes halogenated alkanes) is 1. The SMILES string of the molecule is CCCCOc1c(OCC)cc(I)cc1C(=O)O. The van der Waals surface area contributed by atoms with Crippen LogP contribution < -0.4 is 9.47 Å². The highest BCUT2D eigenvalue weighted by Crippen LogP contribution is 2.34. The molecule has 0 saturated heterocycles. The number of carboxylic acid groups (broad SMARTS) is 1. The van der Waals surface area contributed by atoms with Gasteiger partial charge in [-0.3, -0.25) is 0 Å². The van der Waals surface area contributed by atoms with Crippen LogP contribution in [0.25, 0.3) is 0 Å². The molecule has 0 aliphatic heterocycles. The summed E-state index contributed by atoms with van der Waals surface area (Å²) < 4.78 is 11.8. The second-order valence-electron chi connectivity index (χ2n) is 3.72. The van der Waals surface area contributed by atoms with Gasteiger partial charge in [-0.1, -0.05) is 13.3 Å². The number of benzene rings is 1. The molecule has 0 radical (unpaired) electrons. The van der Waals surface area contributed by atoms with E-state index in [1.165, 1.54) is 0 Å². The number of hydrogen-bond donors (Lipinski definition) is 1. The predicted octanol–water partition coefficient (Wildman–Crippen LogP) is 3.57. The normalized spacial score (nSPS) is 10.2. The first kappa shape index (κ1) is 15.1. The van der Waals surface area contributed by atoms with Crippen LogP contribution in [-0.2, 0) is 0 Å². The molecule has 0 aliphatic rings. The van der Waals surface area contributed by atoms with E-state index in [0.717, 1.165) is 16.4 Å². The summed E-state index contributed by atoms with van der Waals surface area (Å²) in [6, 6.07) is 3.38. The molecule has 5 heteroatoms. The molecule has 0 aromatic heterocycles. The van der Waals surface area contributed by atoms with Crippen molar-refractivity contribution in [1.82, 2.24) is 0 Å². The van der Waals surface area contributed by atoms with Gasteiger partial charge < -0.3 is 14.6 Å². The summed E-state index contributed by atoms with van der Waals surface area (Å²) in [6.07, 6.45) is 1.88. The molecule has 0 bridgehead atoms.